The van der Waals surface area contributed by atoms with E-state index in [4.69, 9.17) is 9.99 Å². The highest BCUT2D eigenvalue weighted by atomic mass is 17.1. The number of rotatable bonds is 1. The zero-order valence-electron chi connectivity index (χ0n) is 6.13. The van der Waals surface area contributed by atoms with Gasteiger partial charge in [0.25, 0.3) is 0 Å². The van der Waals surface area contributed by atoms with Gasteiger partial charge in [0, 0.05) is 12.8 Å². The summed E-state index contributed by atoms with van der Waals surface area (Å²) >= 11 is 0. The molecule has 0 saturated carbocycles. The molecular formula is C6H12O4. The number of ether oxygens (including phenoxy) is 1. The van der Waals surface area contributed by atoms with Crippen LogP contribution in [0.25, 0.3) is 0 Å². The fourth-order valence-corrected chi connectivity index (χ4v) is 1.09. The van der Waals surface area contributed by atoms with Crippen LogP contribution in [0.4, 0.5) is 0 Å². The molecule has 60 valence electrons. The average Bonchev–Trinajstić information content (AvgIpc) is 2.08. The van der Waals surface area contributed by atoms with Crippen LogP contribution in [0.1, 0.15) is 26.7 Å². The van der Waals surface area contributed by atoms with Crippen LogP contribution < -0.4 is 0 Å². The maximum Gasteiger partial charge on any atom is 0.201 e. The maximum absolute atomic E-state index is 9.25. The Morgan fingerprint density at radius 2 is 2.00 bits per heavy atom. The molecule has 0 bridgehead atoms. The van der Waals surface area contributed by atoms with Crippen LogP contribution >= 0.6 is 0 Å². The normalized spacial score (nSPS) is 48.0. The molecule has 1 heterocycles. The molecule has 10 heavy (non-hydrogen) atoms. The van der Waals surface area contributed by atoms with E-state index in [0.717, 1.165) is 0 Å². The fourth-order valence-electron chi connectivity index (χ4n) is 1.09. The number of hydrogen-bond donors (Lipinski definition) is 2. The van der Waals surface area contributed by atoms with Crippen molar-refractivity contribution in [3.63, 3.8) is 0 Å². The lowest BCUT2D eigenvalue weighted by Gasteiger charge is -2.22. The molecule has 0 spiro atoms. The van der Waals surface area contributed by atoms with E-state index in [2.05, 4.69) is 4.89 Å². The van der Waals surface area contributed by atoms with Crippen LogP contribution in [-0.4, -0.2) is 21.9 Å². The van der Waals surface area contributed by atoms with Gasteiger partial charge in [-0.3, -0.25) is 0 Å². The van der Waals surface area contributed by atoms with E-state index in [1.54, 1.807) is 6.92 Å². The van der Waals surface area contributed by atoms with Crippen molar-refractivity contribution in [1.29, 1.82) is 0 Å². The molecular weight excluding hydrogens is 136 g/mol. The highest BCUT2D eigenvalue weighted by Gasteiger charge is 2.43. The van der Waals surface area contributed by atoms with Crippen LogP contribution in [0.3, 0.4) is 0 Å². The zero-order valence-corrected chi connectivity index (χ0v) is 6.13. The quantitative estimate of drug-likeness (QED) is 0.424. The Morgan fingerprint density at radius 1 is 1.40 bits per heavy atom. The molecule has 1 aliphatic heterocycles. The van der Waals surface area contributed by atoms with E-state index >= 15 is 0 Å². The second-order valence-electron chi connectivity index (χ2n) is 3.00. The Kier molecular flexibility index (Phi) is 1.72. The SMILES string of the molecule is CC1(O)CCC(C)(OO)O1. The van der Waals surface area contributed by atoms with Gasteiger partial charge in [-0.1, -0.05) is 0 Å². The lowest BCUT2D eigenvalue weighted by atomic mass is 10.1. The lowest BCUT2D eigenvalue weighted by molar-refractivity contribution is -0.414. The lowest BCUT2D eigenvalue weighted by Crippen LogP contribution is -2.32. The molecule has 1 saturated heterocycles. The van der Waals surface area contributed by atoms with Gasteiger partial charge >= 0.3 is 0 Å². The van der Waals surface area contributed by atoms with Crippen molar-refractivity contribution in [3.05, 3.63) is 0 Å². The Bertz CT molecular complexity index is 134. The van der Waals surface area contributed by atoms with E-state index < -0.39 is 11.6 Å². The van der Waals surface area contributed by atoms with Gasteiger partial charge in [-0.15, -0.1) is 0 Å². The van der Waals surface area contributed by atoms with Crippen molar-refractivity contribution in [3.8, 4) is 0 Å². The minimum absolute atomic E-state index is 0.476. The van der Waals surface area contributed by atoms with Crippen molar-refractivity contribution < 1.29 is 20.0 Å². The summed E-state index contributed by atoms with van der Waals surface area (Å²) in [6, 6.07) is 0. The van der Waals surface area contributed by atoms with Crippen LogP contribution in [0.5, 0.6) is 0 Å². The molecule has 0 aromatic heterocycles. The summed E-state index contributed by atoms with van der Waals surface area (Å²) < 4.78 is 4.97. The van der Waals surface area contributed by atoms with Crippen LogP contribution in [0.2, 0.25) is 0 Å². The van der Waals surface area contributed by atoms with E-state index in [0.29, 0.717) is 12.8 Å². The van der Waals surface area contributed by atoms with E-state index in [1.165, 1.54) is 6.92 Å². The molecule has 0 amide bonds. The van der Waals surface area contributed by atoms with Gasteiger partial charge in [-0.25, -0.2) is 10.1 Å². The fraction of sp³-hybridized carbons (Fsp3) is 1.00. The van der Waals surface area contributed by atoms with Gasteiger partial charge in [0.05, 0.1) is 0 Å². The van der Waals surface area contributed by atoms with Crippen molar-refractivity contribution >= 4 is 0 Å². The second kappa shape index (κ2) is 2.17. The molecule has 1 fully saturated rings. The summed E-state index contributed by atoms with van der Waals surface area (Å²) in [5.41, 5.74) is 0. The molecule has 4 heteroatoms. The molecule has 0 aromatic rings. The smallest absolute Gasteiger partial charge is 0.201 e. The molecule has 2 atom stereocenters. The Hall–Kier alpha value is -0.160. The van der Waals surface area contributed by atoms with E-state index in [9.17, 15) is 5.11 Å². The number of aliphatic hydroxyl groups is 1. The van der Waals surface area contributed by atoms with E-state index in [1.807, 2.05) is 0 Å². The molecule has 0 radical (unpaired) electrons. The second-order valence-corrected chi connectivity index (χ2v) is 3.00. The molecule has 1 aliphatic rings. The van der Waals surface area contributed by atoms with Gasteiger partial charge in [0.1, 0.15) is 0 Å². The highest BCUT2D eigenvalue weighted by Crippen LogP contribution is 2.35. The molecule has 0 aliphatic carbocycles. The van der Waals surface area contributed by atoms with Crippen LogP contribution in [-0.2, 0) is 9.62 Å². The van der Waals surface area contributed by atoms with Gasteiger partial charge in [0.2, 0.25) is 5.79 Å². The molecule has 0 aromatic carbocycles. The largest absolute Gasteiger partial charge is 0.366 e. The van der Waals surface area contributed by atoms with Gasteiger partial charge in [-0.2, -0.15) is 0 Å². The van der Waals surface area contributed by atoms with Gasteiger partial charge < -0.3 is 9.84 Å². The Labute approximate surface area is 59.3 Å². The molecule has 4 nitrogen and oxygen atoms in total. The average molecular weight is 148 g/mol. The summed E-state index contributed by atoms with van der Waals surface area (Å²) in [5.74, 6) is -2.18. The zero-order chi connectivity index (χ0) is 7.83. The highest BCUT2D eigenvalue weighted by molar-refractivity contribution is 4.78. The Morgan fingerprint density at radius 3 is 2.20 bits per heavy atom. The number of hydrogen-bond acceptors (Lipinski definition) is 4. The van der Waals surface area contributed by atoms with Crippen molar-refractivity contribution in [2.75, 3.05) is 0 Å². The minimum atomic E-state index is -1.16. The molecule has 1 rings (SSSR count). The van der Waals surface area contributed by atoms with E-state index in [-0.39, 0.29) is 0 Å². The van der Waals surface area contributed by atoms with Gasteiger partial charge in [-0.05, 0) is 13.8 Å². The summed E-state index contributed by atoms with van der Waals surface area (Å²) in [6.45, 7) is 3.12. The third kappa shape index (κ3) is 1.46. The predicted octanol–water partition coefficient (Wildman–Crippen LogP) is 0.711. The van der Waals surface area contributed by atoms with Crippen LogP contribution in [0.15, 0.2) is 0 Å². The molecule has 2 unspecified atom stereocenters. The van der Waals surface area contributed by atoms with Crippen molar-refractivity contribution in [2.24, 2.45) is 0 Å². The Balaban J connectivity index is 2.57. The minimum Gasteiger partial charge on any atom is -0.366 e. The maximum atomic E-state index is 9.25. The summed E-state index contributed by atoms with van der Waals surface area (Å²) in [6.07, 6.45) is 0.973. The van der Waals surface area contributed by atoms with Gasteiger partial charge in [0.15, 0.2) is 5.79 Å². The summed E-state index contributed by atoms with van der Waals surface area (Å²) in [5, 5.41) is 17.6. The standard InChI is InChI=1S/C6H12O4/c1-5(7)3-4-6(2,9-5)10-8/h7-8H,3-4H2,1-2H3. The monoisotopic (exact) mass is 148 g/mol. The summed E-state index contributed by atoms with van der Waals surface area (Å²) in [4.78, 5) is 4.05. The molecule has 2 N–H and O–H groups in total. The predicted molar refractivity (Wildman–Crippen MR) is 33.1 cm³/mol. The first kappa shape index (κ1) is 7.94. The first-order valence-electron chi connectivity index (χ1n) is 3.23. The first-order valence-corrected chi connectivity index (χ1v) is 3.23. The van der Waals surface area contributed by atoms with Crippen molar-refractivity contribution in [1.82, 2.24) is 0 Å². The first-order chi connectivity index (χ1) is 4.47. The van der Waals surface area contributed by atoms with Crippen molar-refractivity contribution in [2.45, 2.75) is 38.3 Å². The summed E-state index contributed by atoms with van der Waals surface area (Å²) in [7, 11) is 0. The van der Waals surface area contributed by atoms with Crippen LogP contribution in [0, 0.1) is 0 Å². The topological polar surface area (TPSA) is 58.9 Å². The third-order valence-electron chi connectivity index (χ3n) is 1.67. The third-order valence-corrected chi connectivity index (χ3v) is 1.67.